The summed E-state index contributed by atoms with van der Waals surface area (Å²) in [6.45, 7) is 1.76. The summed E-state index contributed by atoms with van der Waals surface area (Å²) < 4.78 is 0. The van der Waals surface area contributed by atoms with E-state index in [2.05, 4.69) is 17.2 Å². The fourth-order valence-corrected chi connectivity index (χ4v) is 3.16. The molecule has 1 aliphatic rings. The quantitative estimate of drug-likeness (QED) is 0.806. The monoisotopic (exact) mass is 275 g/mol. The van der Waals surface area contributed by atoms with Crippen LogP contribution in [-0.2, 0) is 0 Å². The largest absolute Gasteiger partial charge is 0.384 e. The predicted octanol–water partition coefficient (Wildman–Crippen LogP) is 1.57. The summed E-state index contributed by atoms with van der Waals surface area (Å²) in [5.74, 6) is 7.46. The van der Waals surface area contributed by atoms with Crippen molar-refractivity contribution in [1.29, 1.82) is 0 Å². The van der Waals surface area contributed by atoms with E-state index in [4.69, 9.17) is 5.11 Å². The fourth-order valence-electron chi connectivity index (χ4n) is 2.01. The predicted molar refractivity (Wildman–Crippen MR) is 78.3 cm³/mol. The zero-order valence-corrected chi connectivity index (χ0v) is 11.7. The smallest absolute Gasteiger partial charge is 0.252 e. The van der Waals surface area contributed by atoms with Crippen LogP contribution in [0.3, 0.4) is 0 Å². The molecule has 1 heterocycles. The lowest BCUT2D eigenvalue weighted by atomic mass is 10.0. The number of amides is 1. The maximum atomic E-state index is 12.2. The van der Waals surface area contributed by atoms with Gasteiger partial charge in [-0.15, -0.1) is 0 Å². The molecule has 0 aliphatic carbocycles. The number of rotatable bonds is 2. The minimum absolute atomic E-state index is 0.0743. The molecule has 100 valence electrons. The molecule has 19 heavy (non-hydrogen) atoms. The number of carbonyl (C=O) groups excluding carboxylic acids is 1. The summed E-state index contributed by atoms with van der Waals surface area (Å²) in [5.41, 5.74) is 2.32. The Morgan fingerprint density at radius 3 is 3.11 bits per heavy atom. The van der Waals surface area contributed by atoms with Crippen LogP contribution >= 0.6 is 11.8 Å². The molecule has 1 aromatic rings. The second-order valence-electron chi connectivity index (χ2n) is 4.54. The normalized spacial score (nSPS) is 17.7. The standard InChI is InChI=1S/C15H17NO2S/c1-11-4-5-14(12(9-11)3-2-7-17)15(18)16-13-6-8-19-10-13/h4-5,9,13,17H,6-8,10H2,1H3,(H,16,18). The number of aliphatic hydroxyl groups excluding tert-OH is 1. The molecule has 0 spiro atoms. The van der Waals surface area contributed by atoms with Gasteiger partial charge in [0.25, 0.3) is 5.91 Å². The first-order valence-corrected chi connectivity index (χ1v) is 7.45. The fraction of sp³-hybridized carbons (Fsp3) is 0.400. The molecule has 1 fully saturated rings. The molecule has 0 bridgehead atoms. The highest BCUT2D eigenvalue weighted by Crippen LogP contribution is 2.18. The van der Waals surface area contributed by atoms with E-state index >= 15 is 0 Å². The van der Waals surface area contributed by atoms with Crippen molar-refractivity contribution in [3.63, 3.8) is 0 Å². The van der Waals surface area contributed by atoms with Crippen LogP contribution in [0.2, 0.25) is 0 Å². The van der Waals surface area contributed by atoms with E-state index < -0.39 is 0 Å². The summed E-state index contributed by atoms with van der Waals surface area (Å²) in [6.07, 6.45) is 1.03. The average Bonchev–Trinajstić information content (AvgIpc) is 2.89. The number of aryl methyl sites for hydroxylation is 1. The van der Waals surface area contributed by atoms with Crippen molar-refractivity contribution in [1.82, 2.24) is 5.32 Å². The highest BCUT2D eigenvalue weighted by atomic mass is 32.2. The summed E-state index contributed by atoms with van der Waals surface area (Å²) in [6, 6.07) is 5.84. The molecule has 0 aromatic heterocycles. The van der Waals surface area contributed by atoms with Crippen LogP contribution in [0, 0.1) is 18.8 Å². The van der Waals surface area contributed by atoms with Gasteiger partial charge in [0, 0.05) is 17.4 Å². The van der Waals surface area contributed by atoms with E-state index in [0.29, 0.717) is 11.1 Å². The summed E-state index contributed by atoms with van der Waals surface area (Å²) in [5, 5.41) is 11.8. The van der Waals surface area contributed by atoms with Crippen LogP contribution in [0.15, 0.2) is 18.2 Å². The highest BCUT2D eigenvalue weighted by Gasteiger charge is 2.19. The lowest BCUT2D eigenvalue weighted by Gasteiger charge is -2.12. The van der Waals surface area contributed by atoms with Crippen LogP contribution < -0.4 is 5.32 Å². The number of hydrogen-bond donors (Lipinski definition) is 2. The third-order valence-electron chi connectivity index (χ3n) is 2.99. The van der Waals surface area contributed by atoms with Gasteiger partial charge in [-0.3, -0.25) is 4.79 Å². The Hall–Kier alpha value is -1.44. The number of nitrogens with one attached hydrogen (secondary N) is 1. The van der Waals surface area contributed by atoms with Crippen LogP contribution in [0.1, 0.15) is 27.9 Å². The van der Waals surface area contributed by atoms with Gasteiger partial charge in [0.05, 0.1) is 5.56 Å². The van der Waals surface area contributed by atoms with E-state index in [9.17, 15) is 4.79 Å². The second-order valence-corrected chi connectivity index (χ2v) is 5.69. The lowest BCUT2D eigenvalue weighted by Crippen LogP contribution is -2.35. The molecule has 1 aliphatic heterocycles. The van der Waals surface area contributed by atoms with Crippen molar-refractivity contribution in [3.05, 3.63) is 34.9 Å². The first-order chi connectivity index (χ1) is 9.20. The van der Waals surface area contributed by atoms with Gasteiger partial charge in [-0.25, -0.2) is 0 Å². The maximum absolute atomic E-state index is 12.2. The molecular weight excluding hydrogens is 258 g/mol. The van der Waals surface area contributed by atoms with Gasteiger partial charge in [0.2, 0.25) is 0 Å². The van der Waals surface area contributed by atoms with Crippen LogP contribution in [0.5, 0.6) is 0 Å². The summed E-state index contributed by atoms with van der Waals surface area (Å²) in [4.78, 5) is 12.2. The molecule has 1 aromatic carbocycles. The van der Waals surface area contributed by atoms with Crippen molar-refractivity contribution >= 4 is 17.7 Å². The first kappa shape index (κ1) is 14.0. The number of hydrogen-bond acceptors (Lipinski definition) is 3. The highest BCUT2D eigenvalue weighted by molar-refractivity contribution is 7.99. The van der Waals surface area contributed by atoms with Gasteiger partial charge in [-0.05, 0) is 36.8 Å². The first-order valence-electron chi connectivity index (χ1n) is 6.29. The van der Waals surface area contributed by atoms with E-state index in [0.717, 1.165) is 23.5 Å². The Morgan fingerprint density at radius 1 is 1.58 bits per heavy atom. The van der Waals surface area contributed by atoms with Crippen LogP contribution in [0.4, 0.5) is 0 Å². The minimum atomic E-state index is -0.200. The molecule has 0 saturated carbocycles. The SMILES string of the molecule is Cc1ccc(C(=O)NC2CCSC2)c(C#CCO)c1. The Bertz CT molecular complexity index is 525. The second kappa shape index (κ2) is 6.65. The molecular formula is C15H17NO2S. The number of benzene rings is 1. The van der Waals surface area contributed by atoms with Gasteiger partial charge in [-0.1, -0.05) is 17.9 Å². The van der Waals surface area contributed by atoms with Gasteiger partial charge in [-0.2, -0.15) is 11.8 Å². The zero-order chi connectivity index (χ0) is 13.7. The molecule has 4 heteroatoms. The van der Waals surface area contributed by atoms with Gasteiger partial charge < -0.3 is 10.4 Å². The third-order valence-corrected chi connectivity index (χ3v) is 4.15. The van der Waals surface area contributed by atoms with Gasteiger partial charge >= 0.3 is 0 Å². The molecule has 2 rings (SSSR count). The third kappa shape index (κ3) is 3.76. The Balaban J connectivity index is 2.19. The number of thioether (sulfide) groups is 1. The van der Waals surface area contributed by atoms with Crippen molar-refractivity contribution < 1.29 is 9.90 Å². The maximum Gasteiger partial charge on any atom is 0.252 e. The molecule has 2 N–H and O–H groups in total. The Morgan fingerprint density at radius 2 is 2.42 bits per heavy atom. The van der Waals surface area contributed by atoms with Crippen molar-refractivity contribution in [2.75, 3.05) is 18.1 Å². The van der Waals surface area contributed by atoms with E-state index in [-0.39, 0.29) is 18.6 Å². The lowest BCUT2D eigenvalue weighted by molar-refractivity contribution is 0.0941. The van der Waals surface area contributed by atoms with Crippen LogP contribution in [0.25, 0.3) is 0 Å². The molecule has 3 nitrogen and oxygen atoms in total. The molecule has 1 amide bonds. The Labute approximate surface area is 117 Å². The molecule has 1 atom stereocenters. The molecule has 0 radical (unpaired) electrons. The number of carbonyl (C=O) groups is 1. The average molecular weight is 275 g/mol. The summed E-state index contributed by atoms with van der Waals surface area (Å²) >= 11 is 1.86. The Kier molecular flexibility index (Phi) is 4.89. The molecule has 1 unspecified atom stereocenters. The topological polar surface area (TPSA) is 49.3 Å². The van der Waals surface area contributed by atoms with E-state index in [1.807, 2.05) is 30.8 Å². The van der Waals surface area contributed by atoms with Crippen molar-refractivity contribution in [2.24, 2.45) is 0 Å². The van der Waals surface area contributed by atoms with E-state index in [1.54, 1.807) is 6.07 Å². The van der Waals surface area contributed by atoms with Crippen LogP contribution in [-0.4, -0.2) is 35.2 Å². The number of aliphatic hydroxyl groups is 1. The van der Waals surface area contributed by atoms with Crippen molar-refractivity contribution in [2.45, 2.75) is 19.4 Å². The minimum Gasteiger partial charge on any atom is -0.384 e. The zero-order valence-electron chi connectivity index (χ0n) is 10.9. The van der Waals surface area contributed by atoms with Crippen molar-refractivity contribution in [3.8, 4) is 11.8 Å². The van der Waals surface area contributed by atoms with E-state index in [1.165, 1.54) is 0 Å². The summed E-state index contributed by atoms with van der Waals surface area (Å²) in [7, 11) is 0. The van der Waals surface area contributed by atoms with Gasteiger partial charge in [0.1, 0.15) is 6.61 Å². The van der Waals surface area contributed by atoms with Gasteiger partial charge in [0.15, 0.2) is 0 Å². The molecule has 1 saturated heterocycles.